The minimum Gasteiger partial charge on any atom is -0.304 e. The van der Waals surface area contributed by atoms with Crippen LogP contribution in [0.15, 0.2) is 29.0 Å². The summed E-state index contributed by atoms with van der Waals surface area (Å²) in [4.78, 5) is 15.5. The lowest BCUT2D eigenvalue weighted by Crippen LogP contribution is -2.13. The number of anilines is 1. The van der Waals surface area contributed by atoms with Gasteiger partial charge in [-0.05, 0) is 28.1 Å². The standard InChI is InChI=1S/C8H6BrN5O/c9-5-2-1-3-10-7(5)12-8(15)6-4-11-14-13-6/h1-4H,(H,10,12,15)(H,11,13,14). The molecule has 1 amide bonds. The van der Waals surface area contributed by atoms with Crippen molar-refractivity contribution in [2.45, 2.75) is 0 Å². The number of aromatic amines is 1. The van der Waals surface area contributed by atoms with Gasteiger partial charge in [-0.15, -0.1) is 0 Å². The van der Waals surface area contributed by atoms with Crippen LogP contribution in [0.3, 0.4) is 0 Å². The Balaban J connectivity index is 2.17. The van der Waals surface area contributed by atoms with Crippen molar-refractivity contribution in [2.75, 3.05) is 5.32 Å². The Labute approximate surface area is 93.2 Å². The molecule has 0 unspecified atom stereocenters. The number of halogens is 1. The lowest BCUT2D eigenvalue weighted by Gasteiger charge is -2.02. The van der Waals surface area contributed by atoms with E-state index in [0.29, 0.717) is 10.3 Å². The van der Waals surface area contributed by atoms with E-state index in [1.54, 1.807) is 18.3 Å². The fraction of sp³-hybridized carbons (Fsp3) is 0. The molecule has 2 N–H and O–H groups in total. The number of carbonyl (C=O) groups excluding carboxylic acids is 1. The molecular weight excluding hydrogens is 262 g/mol. The molecule has 2 rings (SSSR count). The summed E-state index contributed by atoms with van der Waals surface area (Å²) in [6.07, 6.45) is 2.93. The third-order valence-electron chi connectivity index (χ3n) is 1.64. The van der Waals surface area contributed by atoms with E-state index in [-0.39, 0.29) is 11.6 Å². The summed E-state index contributed by atoms with van der Waals surface area (Å²) in [7, 11) is 0. The Morgan fingerprint density at radius 3 is 3.07 bits per heavy atom. The smallest absolute Gasteiger partial charge is 0.279 e. The van der Waals surface area contributed by atoms with Crippen molar-refractivity contribution in [1.29, 1.82) is 0 Å². The highest BCUT2D eigenvalue weighted by atomic mass is 79.9. The van der Waals surface area contributed by atoms with Crippen LogP contribution in [-0.2, 0) is 0 Å². The van der Waals surface area contributed by atoms with Gasteiger partial charge in [0.2, 0.25) is 0 Å². The second kappa shape index (κ2) is 4.18. The third-order valence-corrected chi connectivity index (χ3v) is 2.28. The van der Waals surface area contributed by atoms with Crippen LogP contribution in [0.4, 0.5) is 5.82 Å². The molecule has 76 valence electrons. The van der Waals surface area contributed by atoms with Gasteiger partial charge in [-0.25, -0.2) is 4.98 Å². The second-order valence-electron chi connectivity index (χ2n) is 2.64. The van der Waals surface area contributed by atoms with E-state index in [4.69, 9.17) is 0 Å². The summed E-state index contributed by atoms with van der Waals surface area (Å²) < 4.78 is 0.710. The van der Waals surface area contributed by atoms with Crippen LogP contribution in [0.5, 0.6) is 0 Å². The van der Waals surface area contributed by atoms with Gasteiger partial charge >= 0.3 is 0 Å². The molecule has 0 spiro atoms. The van der Waals surface area contributed by atoms with Crippen LogP contribution in [-0.4, -0.2) is 26.3 Å². The third kappa shape index (κ3) is 2.18. The number of carbonyl (C=O) groups is 1. The van der Waals surface area contributed by atoms with E-state index >= 15 is 0 Å². The molecule has 0 aromatic carbocycles. The molecule has 0 aliphatic carbocycles. The molecule has 0 aliphatic rings. The highest BCUT2D eigenvalue weighted by molar-refractivity contribution is 9.10. The number of pyridine rings is 1. The van der Waals surface area contributed by atoms with Crippen molar-refractivity contribution in [1.82, 2.24) is 20.4 Å². The fourth-order valence-electron chi connectivity index (χ4n) is 0.960. The Hall–Kier alpha value is -1.76. The van der Waals surface area contributed by atoms with Crippen molar-refractivity contribution in [2.24, 2.45) is 0 Å². The molecule has 15 heavy (non-hydrogen) atoms. The van der Waals surface area contributed by atoms with Crippen LogP contribution in [0.1, 0.15) is 10.5 Å². The number of hydrogen-bond donors (Lipinski definition) is 2. The number of amides is 1. The average molecular weight is 268 g/mol. The van der Waals surface area contributed by atoms with E-state index in [9.17, 15) is 4.79 Å². The Bertz CT molecular complexity index is 470. The summed E-state index contributed by atoms with van der Waals surface area (Å²) in [5.41, 5.74) is 0.215. The number of aromatic nitrogens is 4. The number of H-pyrrole nitrogens is 1. The van der Waals surface area contributed by atoms with Gasteiger partial charge in [-0.2, -0.15) is 15.4 Å². The number of nitrogens with one attached hydrogen (secondary N) is 2. The van der Waals surface area contributed by atoms with Gasteiger partial charge in [-0.1, -0.05) is 0 Å². The van der Waals surface area contributed by atoms with E-state index in [1.165, 1.54) is 6.20 Å². The first-order valence-electron chi connectivity index (χ1n) is 4.05. The molecule has 0 fully saturated rings. The highest BCUT2D eigenvalue weighted by Gasteiger charge is 2.10. The predicted molar refractivity (Wildman–Crippen MR) is 56.3 cm³/mol. The minimum atomic E-state index is -0.358. The first-order chi connectivity index (χ1) is 7.27. The highest BCUT2D eigenvalue weighted by Crippen LogP contribution is 2.18. The number of nitrogens with zero attached hydrogens (tertiary/aromatic N) is 3. The van der Waals surface area contributed by atoms with Crippen LogP contribution >= 0.6 is 15.9 Å². The van der Waals surface area contributed by atoms with Gasteiger partial charge < -0.3 is 5.32 Å². The summed E-state index contributed by atoms with van der Waals surface area (Å²) >= 11 is 3.27. The SMILES string of the molecule is O=C(Nc1ncccc1Br)c1cn[nH]n1. The van der Waals surface area contributed by atoms with Crippen molar-refractivity contribution >= 4 is 27.7 Å². The van der Waals surface area contributed by atoms with Crippen LogP contribution in [0, 0.1) is 0 Å². The molecule has 0 saturated heterocycles. The molecule has 0 bridgehead atoms. The fourth-order valence-corrected chi connectivity index (χ4v) is 1.31. The zero-order valence-electron chi connectivity index (χ0n) is 7.44. The van der Waals surface area contributed by atoms with Crippen LogP contribution in [0.25, 0.3) is 0 Å². The van der Waals surface area contributed by atoms with Gasteiger partial charge in [0.1, 0.15) is 5.82 Å². The van der Waals surface area contributed by atoms with E-state index in [0.717, 1.165) is 0 Å². The quantitative estimate of drug-likeness (QED) is 0.857. The normalized spacial score (nSPS) is 9.93. The van der Waals surface area contributed by atoms with Gasteiger partial charge in [-0.3, -0.25) is 4.79 Å². The maximum atomic E-state index is 11.5. The molecule has 0 atom stereocenters. The van der Waals surface area contributed by atoms with Crippen molar-refractivity contribution < 1.29 is 4.79 Å². The van der Waals surface area contributed by atoms with Crippen LogP contribution in [0.2, 0.25) is 0 Å². The molecule has 0 saturated carbocycles. The average Bonchev–Trinajstić information content (AvgIpc) is 2.74. The molecule has 2 aromatic rings. The monoisotopic (exact) mass is 267 g/mol. The van der Waals surface area contributed by atoms with Crippen LogP contribution < -0.4 is 5.32 Å². The van der Waals surface area contributed by atoms with Crippen molar-refractivity contribution in [3.63, 3.8) is 0 Å². The van der Waals surface area contributed by atoms with Gasteiger partial charge in [0, 0.05) is 6.20 Å². The van der Waals surface area contributed by atoms with Gasteiger partial charge in [0.15, 0.2) is 5.69 Å². The molecule has 2 aromatic heterocycles. The van der Waals surface area contributed by atoms with Crippen molar-refractivity contribution in [3.05, 3.63) is 34.7 Å². The summed E-state index contributed by atoms with van der Waals surface area (Å²) in [6.45, 7) is 0. The molecule has 6 nitrogen and oxygen atoms in total. The topological polar surface area (TPSA) is 83.6 Å². The molecule has 7 heteroatoms. The van der Waals surface area contributed by atoms with E-state index < -0.39 is 0 Å². The van der Waals surface area contributed by atoms with E-state index in [2.05, 4.69) is 41.6 Å². The van der Waals surface area contributed by atoms with Gasteiger partial charge in [0.05, 0.1) is 10.7 Å². The van der Waals surface area contributed by atoms with Crippen molar-refractivity contribution in [3.8, 4) is 0 Å². The second-order valence-corrected chi connectivity index (χ2v) is 3.50. The first-order valence-corrected chi connectivity index (χ1v) is 4.84. The largest absolute Gasteiger partial charge is 0.304 e. The first kappa shape index (κ1) is 9.78. The Morgan fingerprint density at radius 2 is 2.40 bits per heavy atom. The maximum Gasteiger partial charge on any atom is 0.279 e. The predicted octanol–water partition coefficient (Wildman–Crippen LogP) is 1.21. The Kier molecular flexibility index (Phi) is 2.72. The summed E-state index contributed by atoms with van der Waals surface area (Å²) in [6, 6.07) is 3.54. The molecule has 0 aliphatic heterocycles. The number of rotatable bonds is 2. The zero-order chi connectivity index (χ0) is 10.7. The molecule has 2 heterocycles. The zero-order valence-corrected chi connectivity index (χ0v) is 9.02. The van der Waals surface area contributed by atoms with E-state index in [1.807, 2.05) is 0 Å². The summed E-state index contributed by atoms with van der Waals surface area (Å²) in [5, 5.41) is 12.1. The lowest BCUT2D eigenvalue weighted by atomic mass is 10.4. The maximum absolute atomic E-state index is 11.5. The van der Waals surface area contributed by atoms with Gasteiger partial charge in [0.25, 0.3) is 5.91 Å². The lowest BCUT2D eigenvalue weighted by molar-refractivity contribution is 0.102. The number of hydrogen-bond acceptors (Lipinski definition) is 4. The summed E-state index contributed by atoms with van der Waals surface area (Å²) in [5.74, 6) is 0.0913. The minimum absolute atomic E-state index is 0.215. The Morgan fingerprint density at radius 1 is 1.53 bits per heavy atom. The molecule has 0 radical (unpaired) electrons. The molecular formula is C8H6BrN5O.